The van der Waals surface area contributed by atoms with Crippen molar-refractivity contribution < 1.29 is 4.79 Å². The SMILES string of the molecule is Cc1ccc(-c2csc3ncn(CC(=O)N4CCC[C@@H]5CCCC[C@H]54)c(=O)c23)s1. The van der Waals surface area contributed by atoms with Crippen LogP contribution in [0.25, 0.3) is 20.7 Å². The maximum Gasteiger partial charge on any atom is 0.263 e. The number of rotatable bonds is 3. The molecule has 2 aliphatic rings. The number of carbonyl (C=O) groups excluding carboxylic acids is 1. The molecule has 2 atom stereocenters. The molecule has 1 saturated heterocycles. The average Bonchev–Trinajstić information content (AvgIpc) is 3.36. The highest BCUT2D eigenvalue weighted by Gasteiger charge is 2.35. The molecular formula is C22H25N3O2S2. The van der Waals surface area contributed by atoms with E-state index in [2.05, 4.69) is 28.9 Å². The molecule has 1 aliphatic heterocycles. The lowest BCUT2D eigenvalue weighted by atomic mass is 9.78. The fourth-order valence-electron chi connectivity index (χ4n) is 5.01. The summed E-state index contributed by atoms with van der Waals surface area (Å²) in [6.45, 7) is 2.97. The first kappa shape index (κ1) is 19.0. The molecule has 0 N–H and O–H groups in total. The summed E-state index contributed by atoms with van der Waals surface area (Å²) >= 11 is 3.17. The van der Waals surface area contributed by atoms with E-state index in [-0.39, 0.29) is 18.0 Å². The Kier molecular flexibility index (Phi) is 5.04. The van der Waals surface area contributed by atoms with Crippen LogP contribution in [0.4, 0.5) is 0 Å². The fraction of sp³-hybridized carbons (Fsp3) is 0.500. The van der Waals surface area contributed by atoms with Crippen LogP contribution in [-0.2, 0) is 11.3 Å². The maximum absolute atomic E-state index is 13.3. The Morgan fingerprint density at radius 1 is 1.21 bits per heavy atom. The van der Waals surface area contributed by atoms with E-state index < -0.39 is 0 Å². The number of fused-ring (bicyclic) bond motifs is 2. The van der Waals surface area contributed by atoms with Gasteiger partial charge in [0.05, 0.1) is 11.7 Å². The number of hydrogen-bond donors (Lipinski definition) is 0. The van der Waals surface area contributed by atoms with E-state index in [0.717, 1.165) is 34.7 Å². The second kappa shape index (κ2) is 7.69. The van der Waals surface area contributed by atoms with Gasteiger partial charge in [-0.2, -0.15) is 0 Å². The summed E-state index contributed by atoms with van der Waals surface area (Å²) in [6, 6.07) is 4.49. The lowest BCUT2D eigenvalue weighted by Crippen LogP contribution is -2.51. The van der Waals surface area contributed by atoms with E-state index in [4.69, 9.17) is 0 Å². The molecule has 3 aromatic heterocycles. The summed E-state index contributed by atoms with van der Waals surface area (Å²) < 4.78 is 1.51. The molecule has 29 heavy (non-hydrogen) atoms. The predicted molar refractivity (Wildman–Crippen MR) is 119 cm³/mol. The molecule has 5 rings (SSSR count). The van der Waals surface area contributed by atoms with Crippen LogP contribution >= 0.6 is 22.7 Å². The zero-order valence-electron chi connectivity index (χ0n) is 16.6. The highest BCUT2D eigenvalue weighted by atomic mass is 32.1. The van der Waals surface area contributed by atoms with Crippen molar-refractivity contribution >= 4 is 38.8 Å². The molecule has 4 heterocycles. The topological polar surface area (TPSA) is 55.2 Å². The van der Waals surface area contributed by atoms with E-state index in [9.17, 15) is 9.59 Å². The summed E-state index contributed by atoms with van der Waals surface area (Å²) in [4.78, 5) is 36.0. The molecule has 1 aliphatic carbocycles. The van der Waals surface area contributed by atoms with E-state index in [1.54, 1.807) is 17.7 Å². The second-order valence-electron chi connectivity index (χ2n) is 8.26. The van der Waals surface area contributed by atoms with Gasteiger partial charge in [0.2, 0.25) is 5.91 Å². The third-order valence-electron chi connectivity index (χ3n) is 6.44. The van der Waals surface area contributed by atoms with Gasteiger partial charge < -0.3 is 4.90 Å². The molecule has 152 valence electrons. The minimum absolute atomic E-state index is 0.0635. The van der Waals surface area contributed by atoms with Gasteiger partial charge in [-0.25, -0.2) is 4.98 Å². The van der Waals surface area contributed by atoms with Crippen molar-refractivity contribution in [1.82, 2.24) is 14.5 Å². The predicted octanol–water partition coefficient (Wildman–Crippen LogP) is 4.68. The standard InChI is InChI=1S/C22H25N3O2S2/c1-14-8-9-18(29-14)16-12-28-21-20(16)22(27)24(13-23-21)11-19(26)25-10-4-6-15-5-2-3-7-17(15)25/h8-9,12-13,15,17H,2-7,10-11H2,1H3/t15-,17+/m0/s1. The maximum atomic E-state index is 13.3. The molecule has 1 amide bonds. The van der Waals surface area contributed by atoms with Gasteiger partial charge in [0.15, 0.2) is 0 Å². The van der Waals surface area contributed by atoms with Crippen LogP contribution in [0, 0.1) is 12.8 Å². The minimum Gasteiger partial charge on any atom is -0.338 e. The summed E-state index contributed by atoms with van der Waals surface area (Å²) in [7, 11) is 0. The number of nitrogens with zero attached hydrogens (tertiary/aromatic N) is 3. The molecule has 2 fully saturated rings. The minimum atomic E-state index is -0.108. The largest absolute Gasteiger partial charge is 0.338 e. The van der Waals surface area contributed by atoms with Crippen LogP contribution in [0.5, 0.6) is 0 Å². The highest BCUT2D eigenvalue weighted by molar-refractivity contribution is 7.19. The van der Waals surface area contributed by atoms with Gasteiger partial charge in [0.25, 0.3) is 5.56 Å². The number of hydrogen-bond acceptors (Lipinski definition) is 5. The van der Waals surface area contributed by atoms with Crippen molar-refractivity contribution in [2.24, 2.45) is 5.92 Å². The Morgan fingerprint density at radius 3 is 2.86 bits per heavy atom. The summed E-state index contributed by atoms with van der Waals surface area (Å²) in [5.74, 6) is 0.706. The van der Waals surface area contributed by atoms with Gasteiger partial charge in [0.1, 0.15) is 11.4 Å². The summed E-state index contributed by atoms with van der Waals surface area (Å²) in [5.41, 5.74) is 0.829. The zero-order valence-corrected chi connectivity index (χ0v) is 18.2. The van der Waals surface area contributed by atoms with Gasteiger partial charge in [0, 0.05) is 33.3 Å². The number of thiophene rings is 2. The van der Waals surface area contributed by atoms with Crippen molar-refractivity contribution in [2.75, 3.05) is 6.54 Å². The summed E-state index contributed by atoms with van der Waals surface area (Å²) in [6.07, 6.45) is 8.69. The van der Waals surface area contributed by atoms with Crippen LogP contribution in [0.2, 0.25) is 0 Å². The van der Waals surface area contributed by atoms with E-state index in [1.165, 1.54) is 46.5 Å². The third-order valence-corrected chi connectivity index (χ3v) is 8.36. The highest BCUT2D eigenvalue weighted by Crippen LogP contribution is 2.36. The van der Waals surface area contributed by atoms with Crippen molar-refractivity contribution in [2.45, 2.75) is 58.0 Å². The van der Waals surface area contributed by atoms with Gasteiger partial charge in [-0.1, -0.05) is 12.8 Å². The first-order chi connectivity index (χ1) is 14.1. The molecule has 0 radical (unpaired) electrons. The molecule has 5 nitrogen and oxygen atoms in total. The molecular weight excluding hydrogens is 402 g/mol. The number of amides is 1. The van der Waals surface area contributed by atoms with E-state index >= 15 is 0 Å². The Balaban J connectivity index is 1.45. The number of carbonyl (C=O) groups is 1. The molecule has 0 aromatic carbocycles. The van der Waals surface area contributed by atoms with Crippen molar-refractivity contribution in [3.8, 4) is 10.4 Å². The van der Waals surface area contributed by atoms with Gasteiger partial charge in [-0.05, 0) is 50.7 Å². The number of likely N-dealkylation sites (tertiary alicyclic amines) is 1. The Bertz CT molecular complexity index is 1110. The van der Waals surface area contributed by atoms with Crippen LogP contribution in [0.15, 0.2) is 28.6 Å². The smallest absolute Gasteiger partial charge is 0.263 e. The summed E-state index contributed by atoms with van der Waals surface area (Å²) in [5, 5.41) is 2.65. The first-order valence-corrected chi connectivity index (χ1v) is 12.1. The Morgan fingerprint density at radius 2 is 2.03 bits per heavy atom. The molecule has 0 bridgehead atoms. The Labute approximate surface area is 178 Å². The van der Waals surface area contributed by atoms with Gasteiger partial charge in [-0.15, -0.1) is 22.7 Å². The number of piperidine rings is 1. The molecule has 1 saturated carbocycles. The average molecular weight is 428 g/mol. The van der Waals surface area contributed by atoms with Crippen LogP contribution in [0.3, 0.4) is 0 Å². The molecule has 3 aromatic rings. The lowest BCUT2D eigenvalue weighted by Gasteiger charge is -2.44. The second-order valence-corrected chi connectivity index (χ2v) is 10.4. The van der Waals surface area contributed by atoms with Crippen molar-refractivity contribution in [1.29, 1.82) is 0 Å². The van der Waals surface area contributed by atoms with E-state index in [0.29, 0.717) is 17.3 Å². The number of aromatic nitrogens is 2. The number of aryl methyl sites for hydroxylation is 1. The van der Waals surface area contributed by atoms with Crippen LogP contribution in [-0.4, -0.2) is 32.9 Å². The van der Waals surface area contributed by atoms with E-state index in [1.807, 2.05) is 5.38 Å². The van der Waals surface area contributed by atoms with Gasteiger partial charge >= 0.3 is 0 Å². The van der Waals surface area contributed by atoms with Crippen LogP contribution in [0.1, 0.15) is 43.4 Å². The van der Waals surface area contributed by atoms with Crippen molar-refractivity contribution in [3.63, 3.8) is 0 Å². The quantitative estimate of drug-likeness (QED) is 0.610. The monoisotopic (exact) mass is 427 g/mol. The van der Waals surface area contributed by atoms with Crippen molar-refractivity contribution in [3.05, 3.63) is 39.1 Å². The zero-order chi connectivity index (χ0) is 20.0. The third kappa shape index (κ3) is 3.44. The molecule has 0 unspecified atom stereocenters. The normalized spacial score (nSPS) is 22.0. The lowest BCUT2D eigenvalue weighted by molar-refractivity contribution is -0.138. The van der Waals surface area contributed by atoms with Gasteiger partial charge in [-0.3, -0.25) is 14.2 Å². The molecule has 0 spiro atoms. The fourth-order valence-corrected chi connectivity index (χ4v) is 6.87. The van der Waals surface area contributed by atoms with Crippen LogP contribution < -0.4 is 5.56 Å². The first-order valence-electron chi connectivity index (χ1n) is 10.4. The molecule has 7 heteroatoms. The Hall–Kier alpha value is -1.99.